The maximum Gasteiger partial charge on any atom is 0.246 e. The van der Waals surface area contributed by atoms with Crippen LogP contribution in [0.15, 0.2) is 60.7 Å². The molecule has 1 aliphatic carbocycles. The lowest BCUT2D eigenvalue weighted by atomic mass is 9.70. The second kappa shape index (κ2) is 10.8. The Hall–Kier alpha value is -3.36. The molecule has 3 amide bonds. The Balaban J connectivity index is 1.29. The van der Waals surface area contributed by atoms with Crippen molar-refractivity contribution in [1.29, 1.82) is 0 Å². The van der Waals surface area contributed by atoms with Crippen molar-refractivity contribution < 1.29 is 23.9 Å². The van der Waals surface area contributed by atoms with Crippen LogP contribution in [0.2, 0.25) is 5.02 Å². The van der Waals surface area contributed by atoms with E-state index in [9.17, 15) is 14.4 Å². The van der Waals surface area contributed by atoms with Crippen LogP contribution in [0.4, 0.5) is 0 Å². The second-order valence-corrected chi connectivity index (χ2v) is 12.3. The normalized spacial score (nSPS) is 30.4. The molecule has 6 rings (SSSR count). The van der Waals surface area contributed by atoms with Crippen molar-refractivity contribution >= 4 is 29.3 Å². The van der Waals surface area contributed by atoms with E-state index in [1.165, 1.54) is 6.42 Å². The topological polar surface area (TPSA) is 97.0 Å². The Kier molecular flexibility index (Phi) is 7.32. The minimum Gasteiger partial charge on any atom is -0.497 e. The first-order valence-corrected chi connectivity index (χ1v) is 14.8. The maximum absolute atomic E-state index is 14.3. The summed E-state index contributed by atoms with van der Waals surface area (Å²) in [4.78, 5) is 43.7. The first kappa shape index (κ1) is 27.8. The van der Waals surface area contributed by atoms with Crippen molar-refractivity contribution in [1.82, 2.24) is 15.5 Å². The first-order valence-electron chi connectivity index (χ1n) is 14.4. The standard InChI is InChI=1S/C32H36ClN3O5/c1-31-16-17-32(41-31)26(25(31)28(37)34-18-20-10-14-24(40-2)15-11-20)30(39)36(19-21-8-12-22(33)13-9-21)27(32)29(38)35-23-6-4-3-5-7-23/h8-17,23,25-27H,3-7,18-19H2,1-2H3,(H,34,37)(H,35,38)/t25-,26-,27+,31+,32+/m0/s1. The molecule has 2 aromatic carbocycles. The average Bonchev–Trinajstić information content (AvgIpc) is 3.54. The Morgan fingerprint density at radius 3 is 2.37 bits per heavy atom. The van der Waals surface area contributed by atoms with E-state index < -0.39 is 29.1 Å². The number of likely N-dealkylation sites (tertiary alicyclic amines) is 1. The van der Waals surface area contributed by atoms with E-state index in [2.05, 4.69) is 10.6 Å². The van der Waals surface area contributed by atoms with Crippen molar-refractivity contribution in [2.45, 2.75) is 75.4 Å². The molecule has 1 saturated carbocycles. The molecule has 0 radical (unpaired) electrons. The van der Waals surface area contributed by atoms with E-state index in [0.717, 1.165) is 42.6 Å². The van der Waals surface area contributed by atoms with Crippen LogP contribution < -0.4 is 15.4 Å². The van der Waals surface area contributed by atoms with Crippen LogP contribution in [0.5, 0.6) is 5.75 Å². The van der Waals surface area contributed by atoms with Crippen LogP contribution in [0, 0.1) is 11.8 Å². The zero-order valence-electron chi connectivity index (χ0n) is 23.4. The van der Waals surface area contributed by atoms with Crippen molar-refractivity contribution in [3.8, 4) is 5.75 Å². The van der Waals surface area contributed by atoms with Gasteiger partial charge in [0.2, 0.25) is 17.7 Å². The molecule has 2 saturated heterocycles. The first-order chi connectivity index (χ1) is 19.7. The number of halogens is 1. The highest BCUT2D eigenvalue weighted by atomic mass is 35.5. The molecule has 2 bridgehead atoms. The van der Waals surface area contributed by atoms with Crippen molar-refractivity contribution in [2.75, 3.05) is 7.11 Å². The van der Waals surface area contributed by atoms with Gasteiger partial charge in [-0.25, -0.2) is 0 Å². The van der Waals surface area contributed by atoms with Crippen molar-refractivity contribution in [3.05, 3.63) is 76.8 Å². The number of nitrogens with zero attached hydrogens (tertiary/aromatic N) is 1. The fraction of sp³-hybridized carbons (Fsp3) is 0.469. The van der Waals surface area contributed by atoms with Crippen LogP contribution >= 0.6 is 11.6 Å². The molecule has 3 fully saturated rings. The molecule has 2 N–H and O–H groups in total. The van der Waals surface area contributed by atoms with Gasteiger partial charge in [-0.3, -0.25) is 14.4 Å². The molecule has 2 aromatic rings. The van der Waals surface area contributed by atoms with Crippen molar-refractivity contribution in [3.63, 3.8) is 0 Å². The number of ether oxygens (including phenoxy) is 2. The molecule has 3 heterocycles. The Labute approximate surface area is 245 Å². The van der Waals surface area contributed by atoms with Gasteiger partial charge in [-0.1, -0.05) is 67.3 Å². The maximum atomic E-state index is 14.3. The van der Waals surface area contributed by atoms with Gasteiger partial charge in [-0.05, 0) is 55.2 Å². The highest BCUT2D eigenvalue weighted by Crippen LogP contribution is 2.59. The summed E-state index contributed by atoms with van der Waals surface area (Å²) in [5, 5.41) is 6.84. The summed E-state index contributed by atoms with van der Waals surface area (Å²) in [7, 11) is 1.60. The summed E-state index contributed by atoms with van der Waals surface area (Å²) in [6, 6.07) is 13.9. The highest BCUT2D eigenvalue weighted by Gasteiger charge is 2.76. The summed E-state index contributed by atoms with van der Waals surface area (Å²) in [5.74, 6) is -1.61. The van der Waals surface area contributed by atoms with Gasteiger partial charge in [0.25, 0.3) is 0 Å². The van der Waals surface area contributed by atoms with Crippen LogP contribution in [0.25, 0.3) is 0 Å². The molecule has 1 spiro atoms. The third kappa shape index (κ3) is 4.91. The highest BCUT2D eigenvalue weighted by molar-refractivity contribution is 6.30. The Bertz CT molecular complexity index is 1360. The van der Waals surface area contributed by atoms with Gasteiger partial charge in [-0.15, -0.1) is 0 Å². The molecule has 41 heavy (non-hydrogen) atoms. The predicted octanol–water partition coefficient (Wildman–Crippen LogP) is 4.15. The zero-order chi connectivity index (χ0) is 28.8. The summed E-state index contributed by atoms with van der Waals surface area (Å²) in [6.07, 6.45) is 8.87. The lowest BCUT2D eigenvalue weighted by Crippen LogP contribution is -2.56. The molecule has 4 aliphatic rings. The SMILES string of the molecule is COc1ccc(CNC(=O)[C@@H]2[C@H]3C(=O)N(Cc4ccc(Cl)cc4)[C@H](C(=O)NC4CCCCC4)[C@@]34C=C[C@@]2(C)O4)cc1. The fourth-order valence-electron chi connectivity index (χ4n) is 7.16. The van der Waals surface area contributed by atoms with E-state index in [4.69, 9.17) is 21.1 Å². The number of benzene rings is 2. The predicted molar refractivity (Wildman–Crippen MR) is 154 cm³/mol. The zero-order valence-corrected chi connectivity index (χ0v) is 24.2. The number of carbonyl (C=O) groups excluding carboxylic acids is 3. The number of hydrogen-bond acceptors (Lipinski definition) is 5. The second-order valence-electron chi connectivity index (χ2n) is 11.8. The quantitative estimate of drug-likeness (QED) is 0.459. The van der Waals surface area contributed by atoms with Gasteiger partial charge < -0.3 is 25.0 Å². The number of nitrogens with one attached hydrogen (secondary N) is 2. The minimum atomic E-state index is -1.22. The number of amides is 3. The van der Waals surface area contributed by atoms with E-state index in [1.54, 1.807) is 24.1 Å². The van der Waals surface area contributed by atoms with E-state index in [0.29, 0.717) is 11.6 Å². The smallest absolute Gasteiger partial charge is 0.246 e. The molecule has 5 atom stereocenters. The molecule has 0 unspecified atom stereocenters. The van der Waals surface area contributed by atoms with Crippen LogP contribution in [0.3, 0.4) is 0 Å². The van der Waals surface area contributed by atoms with Gasteiger partial charge >= 0.3 is 0 Å². The van der Waals surface area contributed by atoms with Gasteiger partial charge in [0.15, 0.2) is 0 Å². The van der Waals surface area contributed by atoms with Gasteiger partial charge in [0, 0.05) is 24.2 Å². The number of rotatable bonds is 8. The monoisotopic (exact) mass is 577 g/mol. The number of fused-ring (bicyclic) bond motifs is 1. The summed E-state index contributed by atoms with van der Waals surface area (Å²) >= 11 is 6.11. The van der Waals surface area contributed by atoms with Crippen LogP contribution in [-0.4, -0.2) is 53.0 Å². The van der Waals surface area contributed by atoms with E-state index in [1.807, 2.05) is 55.5 Å². The summed E-state index contributed by atoms with van der Waals surface area (Å²) in [6.45, 7) is 2.35. The number of hydrogen-bond donors (Lipinski definition) is 2. The third-order valence-electron chi connectivity index (χ3n) is 9.17. The molecule has 216 valence electrons. The minimum absolute atomic E-state index is 0.0703. The molecular formula is C32H36ClN3O5. The molecular weight excluding hydrogens is 542 g/mol. The lowest BCUT2D eigenvalue weighted by molar-refractivity contribution is -0.145. The molecule has 0 aromatic heterocycles. The molecule has 3 aliphatic heterocycles. The van der Waals surface area contributed by atoms with Gasteiger partial charge in [0.05, 0.1) is 24.5 Å². The fourth-order valence-corrected chi connectivity index (χ4v) is 7.28. The average molecular weight is 578 g/mol. The summed E-state index contributed by atoms with van der Waals surface area (Å²) in [5.41, 5.74) is -0.468. The largest absolute Gasteiger partial charge is 0.497 e. The van der Waals surface area contributed by atoms with Gasteiger partial charge in [0.1, 0.15) is 17.4 Å². The molecule has 8 nitrogen and oxygen atoms in total. The van der Waals surface area contributed by atoms with Crippen LogP contribution in [0.1, 0.15) is 50.2 Å². The Morgan fingerprint density at radius 2 is 1.68 bits per heavy atom. The van der Waals surface area contributed by atoms with E-state index in [-0.39, 0.29) is 30.3 Å². The molecule has 9 heteroatoms. The van der Waals surface area contributed by atoms with Gasteiger partial charge in [-0.2, -0.15) is 0 Å². The van der Waals surface area contributed by atoms with Crippen LogP contribution in [-0.2, 0) is 32.2 Å². The third-order valence-corrected chi connectivity index (χ3v) is 9.42. The van der Waals surface area contributed by atoms with Crippen molar-refractivity contribution in [2.24, 2.45) is 11.8 Å². The van der Waals surface area contributed by atoms with E-state index >= 15 is 0 Å². The number of methoxy groups -OCH3 is 1. The number of carbonyl (C=O) groups is 3. The lowest BCUT2D eigenvalue weighted by Gasteiger charge is -2.34. The summed E-state index contributed by atoms with van der Waals surface area (Å²) < 4.78 is 11.9. The Morgan fingerprint density at radius 1 is 1.00 bits per heavy atom.